The molecule has 2 aromatic rings. The molecule has 104 valence electrons. The number of hydrogen-bond acceptors (Lipinski definition) is 0. The Morgan fingerprint density at radius 1 is 0.900 bits per heavy atom. The van der Waals surface area contributed by atoms with E-state index in [-0.39, 0.29) is 0 Å². The van der Waals surface area contributed by atoms with Gasteiger partial charge >= 0.3 is 0 Å². The first-order valence-electron chi connectivity index (χ1n) is 7.42. The summed E-state index contributed by atoms with van der Waals surface area (Å²) in [6.45, 7) is 6.31. The predicted molar refractivity (Wildman–Crippen MR) is 93.9 cm³/mol. The standard InChI is InChI=1S/C19H24P/c1-3-5-17-20(16-4-2,18-12-8-6-9-13-18)19-14-10-7-11-15-19/h4,6-15H,2-3,5,16-17H2,1H3/q+1. The predicted octanol–water partition coefficient (Wildman–Crippen LogP) is 4.64. The van der Waals surface area contributed by atoms with Gasteiger partial charge in [-0.1, -0.05) is 62.4 Å². The zero-order valence-corrected chi connectivity index (χ0v) is 13.2. The van der Waals surface area contributed by atoms with Crippen molar-refractivity contribution < 1.29 is 0 Å². The monoisotopic (exact) mass is 283 g/mol. The third kappa shape index (κ3) is 3.19. The lowest BCUT2D eigenvalue weighted by Crippen LogP contribution is -2.26. The maximum atomic E-state index is 4.03. The molecule has 2 rings (SSSR count). The van der Waals surface area contributed by atoms with Gasteiger partial charge in [-0.15, -0.1) is 0 Å². The highest BCUT2D eigenvalue weighted by atomic mass is 31.2. The van der Waals surface area contributed by atoms with Gasteiger partial charge in [-0.25, -0.2) is 0 Å². The molecule has 0 saturated heterocycles. The first-order valence-corrected chi connectivity index (χ1v) is 9.58. The average Bonchev–Trinajstić information content (AvgIpc) is 2.53. The summed E-state index contributed by atoms with van der Waals surface area (Å²) in [5.41, 5.74) is 0. The lowest BCUT2D eigenvalue weighted by Gasteiger charge is -2.26. The second-order valence-corrected chi connectivity index (χ2v) is 8.97. The van der Waals surface area contributed by atoms with Crippen LogP contribution in [0, 0.1) is 0 Å². The van der Waals surface area contributed by atoms with Crippen LogP contribution in [0.4, 0.5) is 0 Å². The van der Waals surface area contributed by atoms with E-state index in [0.29, 0.717) is 0 Å². The van der Waals surface area contributed by atoms with Crippen LogP contribution in [0.15, 0.2) is 73.3 Å². The van der Waals surface area contributed by atoms with Crippen molar-refractivity contribution in [2.24, 2.45) is 0 Å². The molecule has 0 spiro atoms. The average molecular weight is 283 g/mol. The summed E-state index contributed by atoms with van der Waals surface area (Å²) in [5.74, 6) is 0. The van der Waals surface area contributed by atoms with Crippen LogP contribution in [0.25, 0.3) is 0 Å². The summed E-state index contributed by atoms with van der Waals surface area (Å²) in [4.78, 5) is 0. The zero-order chi connectivity index (χ0) is 14.3. The van der Waals surface area contributed by atoms with Gasteiger partial charge in [0.25, 0.3) is 0 Å². The largest absolute Gasteiger partial charge is 0.0995 e. The van der Waals surface area contributed by atoms with E-state index in [0.717, 1.165) is 6.16 Å². The minimum absolute atomic E-state index is 1.10. The van der Waals surface area contributed by atoms with Crippen molar-refractivity contribution in [3.63, 3.8) is 0 Å². The van der Waals surface area contributed by atoms with Gasteiger partial charge in [0.1, 0.15) is 0 Å². The van der Waals surface area contributed by atoms with E-state index >= 15 is 0 Å². The molecule has 0 aromatic heterocycles. The minimum Gasteiger partial charge on any atom is -0.0995 e. The second-order valence-electron chi connectivity index (χ2n) is 5.19. The summed E-state index contributed by atoms with van der Waals surface area (Å²) >= 11 is 0. The number of hydrogen-bond donors (Lipinski definition) is 0. The molecule has 0 fully saturated rings. The Labute approximate surface area is 123 Å². The van der Waals surface area contributed by atoms with E-state index in [1.165, 1.54) is 29.6 Å². The molecule has 0 aliphatic rings. The van der Waals surface area contributed by atoms with Crippen LogP contribution >= 0.6 is 7.26 Å². The highest BCUT2D eigenvalue weighted by Gasteiger charge is 2.40. The molecule has 0 bridgehead atoms. The summed E-state index contributed by atoms with van der Waals surface area (Å²) < 4.78 is 0. The van der Waals surface area contributed by atoms with Crippen LogP contribution < -0.4 is 10.6 Å². The third-order valence-corrected chi connectivity index (χ3v) is 8.37. The van der Waals surface area contributed by atoms with Crippen molar-refractivity contribution in [2.45, 2.75) is 19.8 Å². The Balaban J connectivity index is 2.53. The molecule has 0 aliphatic carbocycles. The Morgan fingerprint density at radius 3 is 1.80 bits per heavy atom. The molecule has 0 nitrogen and oxygen atoms in total. The number of allylic oxidation sites excluding steroid dienone is 1. The number of benzene rings is 2. The molecule has 0 N–H and O–H groups in total. The molecule has 0 heterocycles. The Morgan fingerprint density at radius 2 is 1.40 bits per heavy atom. The van der Waals surface area contributed by atoms with Crippen molar-refractivity contribution >= 4 is 17.9 Å². The van der Waals surface area contributed by atoms with Crippen LogP contribution in [0.3, 0.4) is 0 Å². The molecule has 1 heteroatoms. The lowest BCUT2D eigenvalue weighted by molar-refractivity contribution is 0.890. The molecule has 0 atom stereocenters. The van der Waals surface area contributed by atoms with Gasteiger partial charge in [0, 0.05) is 0 Å². The van der Waals surface area contributed by atoms with Crippen LogP contribution in [0.5, 0.6) is 0 Å². The van der Waals surface area contributed by atoms with Crippen molar-refractivity contribution in [3.05, 3.63) is 73.3 Å². The molecule has 0 amide bonds. The minimum atomic E-state index is -1.34. The third-order valence-electron chi connectivity index (χ3n) is 3.84. The van der Waals surface area contributed by atoms with Crippen LogP contribution in [-0.2, 0) is 0 Å². The highest BCUT2D eigenvalue weighted by Crippen LogP contribution is 2.56. The maximum Gasteiger partial charge on any atom is 0.0995 e. The fourth-order valence-electron chi connectivity index (χ4n) is 2.78. The summed E-state index contributed by atoms with van der Waals surface area (Å²) in [5, 5.41) is 3.03. The number of unbranched alkanes of at least 4 members (excludes halogenated alkanes) is 1. The van der Waals surface area contributed by atoms with E-state index in [4.69, 9.17) is 0 Å². The van der Waals surface area contributed by atoms with Gasteiger partial charge in [0.15, 0.2) is 0 Å². The SMILES string of the molecule is C=CC[P+](CCCC)(c1ccccc1)c1ccccc1. The first-order chi connectivity index (χ1) is 9.83. The van der Waals surface area contributed by atoms with Gasteiger partial charge in [-0.3, -0.25) is 0 Å². The van der Waals surface area contributed by atoms with Gasteiger partial charge in [0.05, 0.1) is 30.2 Å². The number of rotatable bonds is 7. The topological polar surface area (TPSA) is 0 Å². The molecular formula is C19H24P+. The quantitative estimate of drug-likeness (QED) is 0.513. The van der Waals surface area contributed by atoms with E-state index in [2.05, 4.69) is 80.2 Å². The van der Waals surface area contributed by atoms with E-state index in [1.807, 2.05) is 0 Å². The lowest BCUT2D eigenvalue weighted by atomic mass is 10.4. The van der Waals surface area contributed by atoms with E-state index < -0.39 is 7.26 Å². The summed E-state index contributed by atoms with van der Waals surface area (Å²) in [6, 6.07) is 22.1. The summed E-state index contributed by atoms with van der Waals surface area (Å²) in [6.07, 6.45) is 7.03. The molecular weight excluding hydrogens is 259 g/mol. The van der Waals surface area contributed by atoms with Gasteiger partial charge in [-0.05, 0) is 30.7 Å². The molecule has 0 unspecified atom stereocenters. The second kappa shape index (κ2) is 7.41. The Bertz CT molecular complexity index is 476. The van der Waals surface area contributed by atoms with E-state index in [9.17, 15) is 0 Å². The van der Waals surface area contributed by atoms with Crippen LogP contribution in [0.2, 0.25) is 0 Å². The van der Waals surface area contributed by atoms with Crippen molar-refractivity contribution in [3.8, 4) is 0 Å². The zero-order valence-electron chi connectivity index (χ0n) is 12.3. The smallest absolute Gasteiger partial charge is 0.0995 e. The first kappa shape index (κ1) is 15.0. The van der Waals surface area contributed by atoms with Gasteiger partial charge in [0.2, 0.25) is 0 Å². The van der Waals surface area contributed by atoms with Crippen LogP contribution in [-0.4, -0.2) is 12.3 Å². The fraction of sp³-hybridized carbons (Fsp3) is 0.263. The normalized spacial score (nSPS) is 11.2. The molecule has 20 heavy (non-hydrogen) atoms. The summed E-state index contributed by atoms with van der Waals surface area (Å²) in [7, 11) is -1.34. The van der Waals surface area contributed by atoms with Crippen molar-refractivity contribution in [1.29, 1.82) is 0 Å². The van der Waals surface area contributed by atoms with Crippen molar-refractivity contribution in [2.75, 3.05) is 12.3 Å². The highest BCUT2D eigenvalue weighted by molar-refractivity contribution is 7.89. The van der Waals surface area contributed by atoms with Gasteiger partial charge in [-0.2, -0.15) is 0 Å². The molecule has 0 radical (unpaired) electrons. The maximum absolute atomic E-state index is 4.03. The molecule has 2 aromatic carbocycles. The van der Waals surface area contributed by atoms with Crippen LogP contribution in [0.1, 0.15) is 19.8 Å². The Hall–Kier alpha value is -1.39. The fourth-order valence-corrected chi connectivity index (χ4v) is 6.99. The van der Waals surface area contributed by atoms with E-state index in [1.54, 1.807) is 0 Å². The Kier molecular flexibility index (Phi) is 5.56. The van der Waals surface area contributed by atoms with Crippen molar-refractivity contribution in [1.82, 2.24) is 0 Å². The van der Waals surface area contributed by atoms with Gasteiger partial charge < -0.3 is 0 Å². The molecule has 0 aliphatic heterocycles. The molecule has 0 saturated carbocycles.